The van der Waals surface area contributed by atoms with Crippen molar-refractivity contribution >= 4 is 21.9 Å². The quantitative estimate of drug-likeness (QED) is 0.857. The number of ether oxygens (including phenoxy) is 1. The number of esters is 1. The molecule has 2 rings (SSSR count). The van der Waals surface area contributed by atoms with Gasteiger partial charge in [0.05, 0.1) is 18.4 Å². The van der Waals surface area contributed by atoms with Gasteiger partial charge in [-0.1, -0.05) is 12.5 Å². The number of nitrogens with zero attached hydrogens (tertiary/aromatic N) is 1. The molecule has 0 aliphatic carbocycles. The minimum Gasteiger partial charge on any atom is -0.465 e. The van der Waals surface area contributed by atoms with Gasteiger partial charge in [0.25, 0.3) is 0 Å². The third kappa shape index (κ3) is 3.49. The van der Waals surface area contributed by atoms with Crippen molar-refractivity contribution in [2.75, 3.05) is 24.9 Å². The number of nitrogens with one attached hydrogen (secondary N) is 1. The average molecular weight is 298 g/mol. The summed E-state index contributed by atoms with van der Waals surface area (Å²) in [6.45, 7) is 1.07. The maximum absolute atomic E-state index is 12.2. The summed E-state index contributed by atoms with van der Waals surface area (Å²) in [4.78, 5) is 11.4. The molecule has 20 heavy (non-hydrogen) atoms. The highest BCUT2D eigenvalue weighted by Crippen LogP contribution is 2.18. The SMILES string of the molecule is COC(=O)c1cccc(NS(=O)(=O)N2CCCCC2)c1. The fourth-order valence-electron chi connectivity index (χ4n) is 2.15. The molecule has 0 saturated carbocycles. The lowest BCUT2D eigenvalue weighted by atomic mass is 10.2. The van der Waals surface area contributed by atoms with Crippen LogP contribution in [-0.4, -0.2) is 38.9 Å². The number of methoxy groups -OCH3 is 1. The second-order valence-corrected chi connectivity index (χ2v) is 6.31. The van der Waals surface area contributed by atoms with Gasteiger partial charge in [0.15, 0.2) is 0 Å². The molecule has 0 atom stereocenters. The van der Waals surface area contributed by atoms with E-state index in [4.69, 9.17) is 0 Å². The zero-order chi connectivity index (χ0) is 14.6. The molecule has 0 radical (unpaired) electrons. The summed E-state index contributed by atoms with van der Waals surface area (Å²) in [5.74, 6) is -0.496. The van der Waals surface area contributed by atoms with Crippen LogP contribution in [0.15, 0.2) is 24.3 Å². The van der Waals surface area contributed by atoms with Crippen LogP contribution >= 0.6 is 0 Å². The van der Waals surface area contributed by atoms with E-state index >= 15 is 0 Å². The second-order valence-electron chi connectivity index (χ2n) is 4.64. The van der Waals surface area contributed by atoms with Gasteiger partial charge >= 0.3 is 16.2 Å². The van der Waals surface area contributed by atoms with Gasteiger partial charge in [-0.2, -0.15) is 12.7 Å². The molecule has 1 heterocycles. The number of hydrogen-bond acceptors (Lipinski definition) is 4. The molecule has 1 aliphatic heterocycles. The Hall–Kier alpha value is -1.60. The predicted octanol–water partition coefficient (Wildman–Crippen LogP) is 1.62. The van der Waals surface area contributed by atoms with Crippen LogP contribution in [0.3, 0.4) is 0 Å². The highest BCUT2D eigenvalue weighted by atomic mass is 32.2. The number of rotatable bonds is 4. The fourth-order valence-corrected chi connectivity index (χ4v) is 3.44. The lowest BCUT2D eigenvalue weighted by Crippen LogP contribution is -2.39. The van der Waals surface area contributed by atoms with Crippen LogP contribution in [-0.2, 0) is 14.9 Å². The molecular formula is C13H18N2O4S. The molecule has 110 valence electrons. The molecule has 1 fully saturated rings. The van der Waals surface area contributed by atoms with Gasteiger partial charge in [-0.15, -0.1) is 0 Å². The molecule has 0 bridgehead atoms. The smallest absolute Gasteiger partial charge is 0.337 e. The highest BCUT2D eigenvalue weighted by Gasteiger charge is 2.23. The molecule has 0 aromatic heterocycles. The van der Waals surface area contributed by atoms with E-state index in [0.29, 0.717) is 24.3 Å². The fraction of sp³-hybridized carbons (Fsp3) is 0.462. The zero-order valence-corrected chi connectivity index (χ0v) is 12.1. The molecule has 0 amide bonds. The van der Waals surface area contributed by atoms with Crippen molar-refractivity contribution in [3.63, 3.8) is 0 Å². The van der Waals surface area contributed by atoms with Crippen LogP contribution in [0.2, 0.25) is 0 Å². The first-order valence-corrected chi connectivity index (χ1v) is 7.93. The molecule has 7 heteroatoms. The van der Waals surface area contributed by atoms with Crippen molar-refractivity contribution in [1.29, 1.82) is 0 Å². The maximum Gasteiger partial charge on any atom is 0.337 e. The largest absolute Gasteiger partial charge is 0.465 e. The first-order chi connectivity index (χ1) is 9.53. The second kappa shape index (κ2) is 6.23. The third-order valence-electron chi connectivity index (χ3n) is 3.19. The minimum atomic E-state index is -3.55. The van der Waals surface area contributed by atoms with Gasteiger partial charge in [0, 0.05) is 13.1 Å². The molecule has 1 aliphatic rings. The Morgan fingerprint density at radius 2 is 1.95 bits per heavy atom. The van der Waals surface area contributed by atoms with Gasteiger partial charge in [-0.3, -0.25) is 4.72 Å². The van der Waals surface area contributed by atoms with Gasteiger partial charge in [-0.05, 0) is 31.0 Å². The van der Waals surface area contributed by atoms with Crippen LogP contribution in [0.5, 0.6) is 0 Å². The van der Waals surface area contributed by atoms with Crippen molar-refractivity contribution in [2.45, 2.75) is 19.3 Å². The molecule has 1 saturated heterocycles. The predicted molar refractivity (Wildman–Crippen MR) is 75.7 cm³/mol. The Morgan fingerprint density at radius 1 is 1.25 bits per heavy atom. The number of carbonyl (C=O) groups is 1. The molecule has 6 nitrogen and oxygen atoms in total. The van der Waals surface area contributed by atoms with E-state index in [1.807, 2.05) is 0 Å². The number of hydrogen-bond donors (Lipinski definition) is 1. The van der Waals surface area contributed by atoms with Crippen molar-refractivity contribution in [2.24, 2.45) is 0 Å². The van der Waals surface area contributed by atoms with E-state index in [0.717, 1.165) is 19.3 Å². The van der Waals surface area contributed by atoms with Crippen molar-refractivity contribution in [1.82, 2.24) is 4.31 Å². The number of carbonyl (C=O) groups excluding carboxylic acids is 1. The Balaban J connectivity index is 2.14. The van der Waals surface area contributed by atoms with Crippen LogP contribution < -0.4 is 4.72 Å². The highest BCUT2D eigenvalue weighted by molar-refractivity contribution is 7.90. The van der Waals surface area contributed by atoms with Crippen LogP contribution in [0.25, 0.3) is 0 Å². The summed E-state index contributed by atoms with van der Waals surface area (Å²) >= 11 is 0. The first kappa shape index (κ1) is 14.8. The minimum absolute atomic E-state index is 0.311. The number of piperidine rings is 1. The van der Waals surface area contributed by atoms with E-state index in [1.165, 1.54) is 17.5 Å². The Bertz CT molecular complexity index is 580. The van der Waals surface area contributed by atoms with Gasteiger partial charge in [0.1, 0.15) is 0 Å². The van der Waals surface area contributed by atoms with Crippen LogP contribution in [0.1, 0.15) is 29.6 Å². The summed E-state index contributed by atoms with van der Waals surface area (Å²) in [6, 6.07) is 6.26. The van der Waals surface area contributed by atoms with E-state index in [1.54, 1.807) is 18.2 Å². The first-order valence-electron chi connectivity index (χ1n) is 6.49. The lowest BCUT2D eigenvalue weighted by molar-refractivity contribution is 0.0601. The third-order valence-corrected chi connectivity index (χ3v) is 4.72. The average Bonchev–Trinajstić information content (AvgIpc) is 2.47. The molecule has 1 aromatic carbocycles. The monoisotopic (exact) mass is 298 g/mol. The topological polar surface area (TPSA) is 75.7 Å². The van der Waals surface area contributed by atoms with Crippen molar-refractivity contribution in [3.8, 4) is 0 Å². The van der Waals surface area contributed by atoms with Crippen LogP contribution in [0.4, 0.5) is 5.69 Å². The van der Waals surface area contributed by atoms with E-state index < -0.39 is 16.2 Å². The lowest BCUT2D eigenvalue weighted by Gasteiger charge is -2.26. The normalized spacial score (nSPS) is 16.6. The summed E-state index contributed by atoms with van der Waals surface area (Å²) < 4.78 is 32.9. The Kier molecular flexibility index (Phi) is 4.61. The van der Waals surface area contributed by atoms with Gasteiger partial charge < -0.3 is 4.74 Å². The molecular weight excluding hydrogens is 280 g/mol. The summed E-state index contributed by atoms with van der Waals surface area (Å²) in [5.41, 5.74) is 0.671. The van der Waals surface area contributed by atoms with Gasteiger partial charge in [0.2, 0.25) is 0 Å². The maximum atomic E-state index is 12.2. The zero-order valence-electron chi connectivity index (χ0n) is 11.3. The molecule has 1 N–H and O–H groups in total. The van der Waals surface area contributed by atoms with E-state index in [2.05, 4.69) is 9.46 Å². The number of benzene rings is 1. The standard InChI is InChI=1S/C13H18N2O4S/c1-19-13(16)11-6-5-7-12(10-11)14-20(17,18)15-8-3-2-4-9-15/h5-7,10,14H,2-4,8-9H2,1H3. The molecule has 0 unspecified atom stereocenters. The summed E-state index contributed by atoms with van der Waals surface area (Å²) in [7, 11) is -2.27. The van der Waals surface area contributed by atoms with Gasteiger partial charge in [-0.25, -0.2) is 4.79 Å². The Morgan fingerprint density at radius 3 is 2.60 bits per heavy atom. The van der Waals surface area contributed by atoms with E-state index in [-0.39, 0.29) is 0 Å². The molecule has 0 spiro atoms. The van der Waals surface area contributed by atoms with Crippen molar-refractivity contribution in [3.05, 3.63) is 29.8 Å². The Labute approximate surface area is 118 Å². The van der Waals surface area contributed by atoms with Crippen LogP contribution in [0, 0.1) is 0 Å². The van der Waals surface area contributed by atoms with E-state index in [9.17, 15) is 13.2 Å². The summed E-state index contributed by atoms with van der Waals surface area (Å²) in [6.07, 6.45) is 2.82. The van der Waals surface area contributed by atoms with Crippen molar-refractivity contribution < 1.29 is 17.9 Å². The number of anilines is 1. The molecule has 1 aromatic rings. The summed E-state index contributed by atoms with van der Waals surface area (Å²) in [5, 5.41) is 0.